The average Bonchev–Trinajstić information content (AvgIpc) is 3.23. The summed E-state index contributed by atoms with van der Waals surface area (Å²) >= 11 is 0. The van der Waals surface area contributed by atoms with Crippen molar-refractivity contribution in [2.24, 2.45) is 0 Å². The van der Waals surface area contributed by atoms with Crippen molar-refractivity contribution in [3.05, 3.63) is 46.8 Å². The number of carbonyl (C=O) groups is 1. The van der Waals surface area contributed by atoms with E-state index in [2.05, 4.69) is 12.1 Å². The van der Waals surface area contributed by atoms with Crippen molar-refractivity contribution in [3.63, 3.8) is 0 Å². The van der Waals surface area contributed by atoms with Crippen molar-refractivity contribution in [1.29, 1.82) is 0 Å². The molecule has 0 aliphatic carbocycles. The van der Waals surface area contributed by atoms with Crippen LogP contribution in [0.2, 0.25) is 0 Å². The van der Waals surface area contributed by atoms with Gasteiger partial charge in [-0.25, -0.2) is 0 Å². The molecule has 0 radical (unpaired) electrons. The molecule has 1 amide bonds. The number of aryl methyl sites for hydroxylation is 2. The molecule has 23 heavy (non-hydrogen) atoms. The van der Waals surface area contributed by atoms with E-state index in [4.69, 9.17) is 9.26 Å². The number of hydrogen-bond donors (Lipinski definition) is 0. The molecule has 1 aliphatic heterocycles. The van der Waals surface area contributed by atoms with Crippen LogP contribution in [0, 0.1) is 6.92 Å². The largest absolute Gasteiger partial charge is 0.489 e. The molecule has 3 rings (SSSR count). The lowest BCUT2D eigenvalue weighted by Gasteiger charge is -2.14. The number of benzene rings is 1. The van der Waals surface area contributed by atoms with Gasteiger partial charge in [0.2, 0.25) is 0 Å². The van der Waals surface area contributed by atoms with Crippen molar-refractivity contribution in [1.82, 2.24) is 10.1 Å². The van der Waals surface area contributed by atoms with Crippen molar-refractivity contribution in [2.45, 2.75) is 39.7 Å². The Labute approximate surface area is 136 Å². The van der Waals surface area contributed by atoms with Crippen molar-refractivity contribution in [2.75, 3.05) is 13.1 Å². The number of aromatic nitrogens is 1. The van der Waals surface area contributed by atoms with Gasteiger partial charge in [-0.3, -0.25) is 4.79 Å². The molecule has 1 aliphatic rings. The van der Waals surface area contributed by atoms with Crippen LogP contribution < -0.4 is 4.74 Å². The zero-order chi connectivity index (χ0) is 16.2. The van der Waals surface area contributed by atoms with E-state index in [1.165, 1.54) is 5.56 Å². The average molecular weight is 314 g/mol. The summed E-state index contributed by atoms with van der Waals surface area (Å²) in [7, 11) is 0. The Bertz CT molecular complexity index is 670. The molecule has 1 fully saturated rings. The highest BCUT2D eigenvalue weighted by Crippen LogP contribution is 2.21. The highest BCUT2D eigenvalue weighted by Gasteiger charge is 2.26. The molecule has 0 saturated carbocycles. The second kappa shape index (κ2) is 6.86. The van der Waals surface area contributed by atoms with E-state index >= 15 is 0 Å². The molecule has 0 spiro atoms. The molecule has 5 nitrogen and oxygen atoms in total. The summed E-state index contributed by atoms with van der Waals surface area (Å²) < 4.78 is 11.0. The third-order valence-electron chi connectivity index (χ3n) is 4.30. The van der Waals surface area contributed by atoms with Gasteiger partial charge in [-0.2, -0.15) is 0 Å². The predicted molar refractivity (Wildman–Crippen MR) is 86.5 cm³/mol. The molecule has 1 aromatic heterocycles. The number of hydrogen-bond acceptors (Lipinski definition) is 4. The van der Waals surface area contributed by atoms with E-state index in [1.807, 2.05) is 36.1 Å². The Morgan fingerprint density at radius 1 is 1.26 bits per heavy atom. The van der Waals surface area contributed by atoms with Gasteiger partial charge in [0.1, 0.15) is 18.1 Å². The van der Waals surface area contributed by atoms with Crippen LogP contribution in [0.15, 0.2) is 28.8 Å². The molecule has 0 unspecified atom stereocenters. The normalized spacial score (nSPS) is 14.3. The van der Waals surface area contributed by atoms with Crippen LogP contribution in [0.4, 0.5) is 0 Å². The molecule has 5 heteroatoms. The van der Waals surface area contributed by atoms with E-state index < -0.39 is 0 Å². The van der Waals surface area contributed by atoms with Gasteiger partial charge in [-0.1, -0.05) is 24.2 Å². The summed E-state index contributed by atoms with van der Waals surface area (Å²) in [5.74, 6) is 1.36. The molecular weight excluding hydrogens is 292 g/mol. The molecule has 1 aromatic carbocycles. The number of carbonyl (C=O) groups excluding carboxylic acids is 1. The summed E-state index contributed by atoms with van der Waals surface area (Å²) in [5, 5.41) is 3.95. The second-order valence-electron chi connectivity index (χ2n) is 5.85. The molecule has 2 heterocycles. The summed E-state index contributed by atoms with van der Waals surface area (Å²) in [4.78, 5) is 14.4. The maximum atomic E-state index is 12.5. The molecule has 1 saturated heterocycles. The fourth-order valence-corrected chi connectivity index (χ4v) is 2.78. The van der Waals surface area contributed by atoms with Gasteiger partial charge in [-0.15, -0.1) is 0 Å². The zero-order valence-electron chi connectivity index (χ0n) is 13.7. The van der Waals surface area contributed by atoms with Crippen LogP contribution in [-0.4, -0.2) is 29.1 Å². The number of ether oxygens (including phenoxy) is 1. The fraction of sp³-hybridized carbons (Fsp3) is 0.444. The molecule has 122 valence electrons. The molecule has 0 bridgehead atoms. The Morgan fingerprint density at radius 3 is 2.61 bits per heavy atom. The molecule has 0 atom stereocenters. The van der Waals surface area contributed by atoms with Crippen LogP contribution in [0.3, 0.4) is 0 Å². The monoisotopic (exact) mass is 314 g/mol. The first-order valence-corrected chi connectivity index (χ1v) is 8.15. The Morgan fingerprint density at radius 2 is 1.96 bits per heavy atom. The van der Waals surface area contributed by atoms with Gasteiger partial charge in [0, 0.05) is 13.1 Å². The SMILES string of the molecule is CCc1ccc(OCc2c(C(=O)N3CCCC3)noc2C)cc1. The highest BCUT2D eigenvalue weighted by molar-refractivity contribution is 5.94. The first-order chi connectivity index (χ1) is 11.2. The maximum Gasteiger partial charge on any atom is 0.276 e. The van der Waals surface area contributed by atoms with E-state index in [9.17, 15) is 4.79 Å². The van der Waals surface area contributed by atoms with Crippen molar-refractivity contribution in [3.8, 4) is 5.75 Å². The van der Waals surface area contributed by atoms with Crippen LogP contribution in [-0.2, 0) is 13.0 Å². The zero-order valence-corrected chi connectivity index (χ0v) is 13.7. The highest BCUT2D eigenvalue weighted by atomic mass is 16.5. The van der Waals surface area contributed by atoms with E-state index in [0.717, 1.165) is 43.7 Å². The summed E-state index contributed by atoms with van der Waals surface area (Å²) in [6.07, 6.45) is 3.11. The topological polar surface area (TPSA) is 55.6 Å². The smallest absolute Gasteiger partial charge is 0.276 e. The van der Waals surface area contributed by atoms with E-state index in [1.54, 1.807) is 0 Å². The standard InChI is InChI=1S/C18H22N2O3/c1-3-14-6-8-15(9-7-14)22-12-16-13(2)23-19-17(16)18(21)20-10-4-5-11-20/h6-9H,3-5,10-12H2,1-2H3. The first kappa shape index (κ1) is 15.6. The summed E-state index contributed by atoms with van der Waals surface area (Å²) in [5.41, 5.74) is 2.39. The lowest BCUT2D eigenvalue weighted by molar-refractivity contribution is 0.0780. The van der Waals surface area contributed by atoms with Gasteiger partial charge in [0.05, 0.1) is 5.56 Å². The van der Waals surface area contributed by atoms with E-state index in [0.29, 0.717) is 11.5 Å². The van der Waals surface area contributed by atoms with Crippen LogP contribution in [0.1, 0.15) is 47.1 Å². The number of amides is 1. The van der Waals surface area contributed by atoms with Crippen LogP contribution in [0.25, 0.3) is 0 Å². The molecule has 0 N–H and O–H groups in total. The van der Waals surface area contributed by atoms with Crippen molar-refractivity contribution >= 4 is 5.91 Å². The fourth-order valence-electron chi connectivity index (χ4n) is 2.78. The summed E-state index contributed by atoms with van der Waals surface area (Å²) in [6.45, 7) is 5.81. The lowest BCUT2D eigenvalue weighted by Crippen LogP contribution is -2.28. The van der Waals surface area contributed by atoms with E-state index in [-0.39, 0.29) is 12.5 Å². The molecule has 2 aromatic rings. The Hall–Kier alpha value is -2.30. The van der Waals surface area contributed by atoms with Gasteiger partial charge in [0.25, 0.3) is 5.91 Å². The minimum atomic E-state index is -0.0562. The van der Waals surface area contributed by atoms with Gasteiger partial charge >= 0.3 is 0 Å². The molecular formula is C18H22N2O3. The Kier molecular flexibility index (Phi) is 4.65. The third kappa shape index (κ3) is 3.38. The van der Waals surface area contributed by atoms with Gasteiger partial charge < -0.3 is 14.2 Å². The minimum absolute atomic E-state index is 0.0562. The van der Waals surface area contributed by atoms with Crippen molar-refractivity contribution < 1.29 is 14.1 Å². The third-order valence-corrected chi connectivity index (χ3v) is 4.30. The van der Waals surface area contributed by atoms with Gasteiger partial charge in [0.15, 0.2) is 5.69 Å². The number of rotatable bonds is 5. The number of likely N-dealkylation sites (tertiary alicyclic amines) is 1. The first-order valence-electron chi connectivity index (χ1n) is 8.15. The second-order valence-corrected chi connectivity index (χ2v) is 5.85. The van der Waals surface area contributed by atoms with Crippen LogP contribution in [0.5, 0.6) is 5.75 Å². The quantitative estimate of drug-likeness (QED) is 0.849. The van der Waals surface area contributed by atoms with Crippen LogP contribution >= 0.6 is 0 Å². The lowest BCUT2D eigenvalue weighted by atomic mass is 10.1. The van der Waals surface area contributed by atoms with Gasteiger partial charge in [-0.05, 0) is 43.9 Å². The maximum absolute atomic E-state index is 12.5. The Balaban J connectivity index is 1.71. The minimum Gasteiger partial charge on any atom is -0.489 e. The summed E-state index contributed by atoms with van der Waals surface area (Å²) in [6, 6.07) is 7.99. The number of nitrogens with zero attached hydrogens (tertiary/aromatic N) is 2. The predicted octanol–water partition coefficient (Wildman–Crippen LogP) is 3.36.